The molecule has 0 aliphatic heterocycles. The minimum absolute atomic E-state index is 0.437. The molecular weight excluding hydrogens is 196 g/mol. The first-order valence-electron chi connectivity index (χ1n) is 6.33. The number of rotatable bonds is 6. The van der Waals surface area contributed by atoms with Crippen molar-refractivity contribution >= 4 is 0 Å². The second kappa shape index (κ2) is 5.46. The third-order valence-corrected chi connectivity index (χ3v) is 3.33. The molecule has 1 unspecified atom stereocenters. The van der Waals surface area contributed by atoms with Crippen LogP contribution in [-0.4, -0.2) is 19.6 Å². The highest BCUT2D eigenvalue weighted by Crippen LogP contribution is 2.20. The molecule has 16 heavy (non-hydrogen) atoms. The van der Waals surface area contributed by atoms with E-state index >= 15 is 0 Å². The second-order valence-electron chi connectivity index (χ2n) is 4.62. The van der Waals surface area contributed by atoms with E-state index in [9.17, 15) is 0 Å². The van der Waals surface area contributed by atoms with Gasteiger partial charge in [0.25, 0.3) is 0 Å². The maximum Gasteiger partial charge on any atom is 0.0444 e. The van der Waals surface area contributed by atoms with Gasteiger partial charge >= 0.3 is 0 Å². The van der Waals surface area contributed by atoms with Gasteiger partial charge in [-0.25, -0.2) is 0 Å². The van der Waals surface area contributed by atoms with Gasteiger partial charge in [0, 0.05) is 18.6 Å². The van der Waals surface area contributed by atoms with E-state index in [0.717, 1.165) is 19.0 Å². The lowest BCUT2D eigenvalue weighted by atomic mass is 10.0. The summed E-state index contributed by atoms with van der Waals surface area (Å²) in [4.78, 5) is 0. The molecule has 2 nitrogen and oxygen atoms in total. The Kier molecular flexibility index (Phi) is 3.97. The predicted molar refractivity (Wildman–Crippen MR) is 68.6 cm³/mol. The normalized spacial score (nSPS) is 17.4. The largest absolute Gasteiger partial charge is 0.312 e. The molecule has 0 bridgehead atoms. The van der Waals surface area contributed by atoms with E-state index in [1.54, 1.807) is 0 Å². The third-order valence-electron chi connectivity index (χ3n) is 3.33. The first kappa shape index (κ1) is 11.6. The number of nitrogens with one attached hydrogen (secondary N) is 2. The molecule has 1 aromatic carbocycles. The lowest BCUT2D eigenvalue weighted by Gasteiger charge is -2.17. The maximum absolute atomic E-state index is 3.57. The molecule has 0 heterocycles. The van der Waals surface area contributed by atoms with Gasteiger partial charge in [0.05, 0.1) is 0 Å². The van der Waals surface area contributed by atoms with Gasteiger partial charge in [0.2, 0.25) is 0 Å². The van der Waals surface area contributed by atoms with E-state index in [0.29, 0.717) is 6.04 Å². The van der Waals surface area contributed by atoms with Crippen LogP contribution in [-0.2, 0) is 6.42 Å². The summed E-state index contributed by atoms with van der Waals surface area (Å²) in [5.74, 6) is 0. The van der Waals surface area contributed by atoms with Crippen molar-refractivity contribution in [3.8, 4) is 0 Å². The Balaban J connectivity index is 1.94. The van der Waals surface area contributed by atoms with Gasteiger partial charge in [-0.2, -0.15) is 0 Å². The van der Waals surface area contributed by atoms with E-state index in [-0.39, 0.29) is 0 Å². The van der Waals surface area contributed by atoms with Gasteiger partial charge in [0.15, 0.2) is 0 Å². The Hall–Kier alpha value is -0.860. The van der Waals surface area contributed by atoms with Crippen LogP contribution in [0.15, 0.2) is 24.3 Å². The van der Waals surface area contributed by atoms with Crippen LogP contribution in [0.4, 0.5) is 0 Å². The third kappa shape index (κ3) is 3.06. The van der Waals surface area contributed by atoms with Crippen molar-refractivity contribution in [1.82, 2.24) is 10.6 Å². The Labute approximate surface area is 98.4 Å². The summed E-state index contributed by atoms with van der Waals surface area (Å²) in [6, 6.07) is 10.2. The topological polar surface area (TPSA) is 24.1 Å². The Morgan fingerprint density at radius 1 is 1.25 bits per heavy atom. The fourth-order valence-corrected chi connectivity index (χ4v) is 1.94. The van der Waals surface area contributed by atoms with Gasteiger partial charge < -0.3 is 10.6 Å². The monoisotopic (exact) mass is 218 g/mol. The summed E-state index contributed by atoms with van der Waals surface area (Å²) in [6.07, 6.45) is 3.82. The molecule has 0 amide bonds. The summed E-state index contributed by atoms with van der Waals surface area (Å²) in [6.45, 7) is 3.23. The lowest BCUT2D eigenvalue weighted by Crippen LogP contribution is -2.30. The number of hydrogen-bond acceptors (Lipinski definition) is 2. The molecule has 0 aromatic heterocycles. The molecule has 0 saturated heterocycles. The minimum atomic E-state index is 0.437. The van der Waals surface area contributed by atoms with Crippen LogP contribution in [0, 0.1) is 0 Å². The molecule has 2 heteroatoms. The average molecular weight is 218 g/mol. The van der Waals surface area contributed by atoms with E-state index in [1.165, 1.54) is 24.0 Å². The van der Waals surface area contributed by atoms with E-state index < -0.39 is 0 Å². The van der Waals surface area contributed by atoms with E-state index in [1.807, 2.05) is 7.05 Å². The fourth-order valence-electron chi connectivity index (χ4n) is 1.94. The summed E-state index contributed by atoms with van der Waals surface area (Å²) in [5.41, 5.74) is 2.79. The molecule has 88 valence electrons. The zero-order valence-electron chi connectivity index (χ0n) is 10.3. The highest BCUT2D eigenvalue weighted by atomic mass is 15.0. The number of benzene rings is 1. The standard InChI is InChI=1S/C14H22N2/c1-3-11-4-6-12(7-5-11)14(15-2)10-16-13-8-9-13/h4-7,13-16H,3,8-10H2,1-2H3. The molecule has 1 saturated carbocycles. The molecule has 0 spiro atoms. The van der Waals surface area contributed by atoms with Crippen LogP contribution in [0.2, 0.25) is 0 Å². The van der Waals surface area contributed by atoms with Crippen molar-refractivity contribution in [2.24, 2.45) is 0 Å². The first-order chi connectivity index (χ1) is 7.83. The van der Waals surface area contributed by atoms with E-state index in [4.69, 9.17) is 0 Å². The van der Waals surface area contributed by atoms with Crippen LogP contribution in [0.3, 0.4) is 0 Å². The van der Waals surface area contributed by atoms with Crippen molar-refractivity contribution in [1.29, 1.82) is 0 Å². The molecule has 1 atom stereocenters. The van der Waals surface area contributed by atoms with Crippen LogP contribution in [0.5, 0.6) is 0 Å². The van der Waals surface area contributed by atoms with E-state index in [2.05, 4.69) is 41.8 Å². The molecule has 2 N–H and O–H groups in total. The van der Waals surface area contributed by atoms with Gasteiger partial charge in [-0.05, 0) is 37.4 Å². The van der Waals surface area contributed by atoms with Gasteiger partial charge in [-0.1, -0.05) is 31.2 Å². The summed E-state index contributed by atoms with van der Waals surface area (Å²) >= 11 is 0. The highest BCUT2D eigenvalue weighted by molar-refractivity contribution is 5.25. The minimum Gasteiger partial charge on any atom is -0.312 e. The Morgan fingerprint density at radius 3 is 2.44 bits per heavy atom. The van der Waals surface area contributed by atoms with Gasteiger partial charge in [0.1, 0.15) is 0 Å². The molecule has 0 radical (unpaired) electrons. The molecule has 1 aliphatic carbocycles. The van der Waals surface area contributed by atoms with Gasteiger partial charge in [-0.3, -0.25) is 0 Å². The van der Waals surface area contributed by atoms with Crippen LogP contribution in [0.1, 0.15) is 36.9 Å². The predicted octanol–water partition coefficient (Wildman–Crippen LogP) is 2.26. The molecular formula is C14H22N2. The van der Waals surface area contributed by atoms with Crippen molar-refractivity contribution < 1.29 is 0 Å². The molecule has 1 aromatic rings. The van der Waals surface area contributed by atoms with Gasteiger partial charge in [-0.15, -0.1) is 0 Å². The maximum atomic E-state index is 3.57. The number of likely N-dealkylation sites (N-methyl/N-ethyl adjacent to an activating group) is 1. The van der Waals surface area contributed by atoms with Crippen molar-refractivity contribution in [2.75, 3.05) is 13.6 Å². The lowest BCUT2D eigenvalue weighted by molar-refractivity contribution is 0.526. The van der Waals surface area contributed by atoms with Crippen molar-refractivity contribution in [2.45, 2.75) is 38.3 Å². The van der Waals surface area contributed by atoms with Crippen LogP contribution >= 0.6 is 0 Å². The summed E-state index contributed by atoms with van der Waals surface area (Å²) in [5, 5.41) is 6.95. The molecule has 2 rings (SSSR count). The molecule has 1 aliphatic rings. The van der Waals surface area contributed by atoms with Crippen LogP contribution < -0.4 is 10.6 Å². The summed E-state index contributed by atoms with van der Waals surface area (Å²) in [7, 11) is 2.03. The quantitative estimate of drug-likeness (QED) is 0.765. The second-order valence-corrected chi connectivity index (χ2v) is 4.62. The Morgan fingerprint density at radius 2 is 1.94 bits per heavy atom. The zero-order valence-corrected chi connectivity index (χ0v) is 10.3. The zero-order chi connectivity index (χ0) is 11.4. The fraction of sp³-hybridized carbons (Fsp3) is 0.571. The molecule has 1 fully saturated rings. The average Bonchev–Trinajstić information content (AvgIpc) is 3.15. The SMILES string of the molecule is CCc1ccc(C(CNC2CC2)NC)cc1. The first-order valence-corrected chi connectivity index (χ1v) is 6.33. The summed E-state index contributed by atoms with van der Waals surface area (Å²) < 4.78 is 0. The highest BCUT2D eigenvalue weighted by Gasteiger charge is 2.21. The van der Waals surface area contributed by atoms with Crippen molar-refractivity contribution in [3.05, 3.63) is 35.4 Å². The smallest absolute Gasteiger partial charge is 0.0444 e. The number of aryl methyl sites for hydroxylation is 1. The Bertz CT molecular complexity index is 314. The number of hydrogen-bond donors (Lipinski definition) is 2. The van der Waals surface area contributed by atoms with Crippen molar-refractivity contribution in [3.63, 3.8) is 0 Å². The van der Waals surface area contributed by atoms with Crippen LogP contribution in [0.25, 0.3) is 0 Å².